The predicted octanol–water partition coefficient (Wildman–Crippen LogP) is 2.58. The summed E-state index contributed by atoms with van der Waals surface area (Å²) >= 11 is 1.57. The van der Waals surface area contributed by atoms with E-state index in [2.05, 4.69) is 9.88 Å². The zero-order chi connectivity index (χ0) is 17.9. The van der Waals surface area contributed by atoms with Crippen LogP contribution in [-0.4, -0.2) is 57.2 Å². The maximum Gasteiger partial charge on any atom is 0.228 e. The average molecular weight is 375 g/mol. The molecule has 0 atom stereocenters. The first-order chi connectivity index (χ1) is 12.7. The summed E-state index contributed by atoms with van der Waals surface area (Å²) in [6.07, 6.45) is 10.6. The van der Waals surface area contributed by atoms with Crippen molar-refractivity contribution in [1.29, 1.82) is 0 Å². The molecule has 0 aliphatic carbocycles. The van der Waals surface area contributed by atoms with Crippen molar-refractivity contribution in [3.63, 3.8) is 0 Å². The molecule has 0 saturated carbocycles. The highest BCUT2D eigenvalue weighted by Crippen LogP contribution is 2.22. The first-order valence-corrected chi connectivity index (χ1v) is 10.6. The van der Waals surface area contributed by atoms with Crippen LogP contribution in [0.5, 0.6) is 0 Å². The van der Waals surface area contributed by atoms with Gasteiger partial charge < -0.3 is 9.80 Å². The van der Waals surface area contributed by atoms with Crippen molar-refractivity contribution < 1.29 is 9.59 Å². The van der Waals surface area contributed by atoms with E-state index in [9.17, 15) is 9.59 Å². The van der Waals surface area contributed by atoms with E-state index < -0.39 is 0 Å². The summed E-state index contributed by atoms with van der Waals surface area (Å²) in [6.45, 7) is 3.20. The van der Waals surface area contributed by atoms with Crippen LogP contribution in [0.4, 0.5) is 0 Å². The first kappa shape index (κ1) is 17.5. The van der Waals surface area contributed by atoms with E-state index in [-0.39, 0.29) is 11.8 Å². The summed E-state index contributed by atoms with van der Waals surface area (Å²) in [4.78, 5) is 34.7. The zero-order valence-corrected chi connectivity index (χ0v) is 15.9. The first-order valence-electron chi connectivity index (χ1n) is 9.68. The van der Waals surface area contributed by atoms with E-state index in [1.807, 2.05) is 27.1 Å². The number of hydrogen-bond acceptors (Lipinski definition) is 4. The topological polar surface area (TPSA) is 57.9 Å². The Bertz CT molecular complexity index is 739. The fraction of sp³-hybridized carbons (Fsp3) is 0.632. The zero-order valence-electron chi connectivity index (χ0n) is 15.1. The van der Waals surface area contributed by atoms with Gasteiger partial charge in [-0.05, 0) is 25.7 Å². The molecule has 2 aliphatic heterocycles. The Kier molecular flexibility index (Phi) is 5.24. The van der Waals surface area contributed by atoms with Crippen molar-refractivity contribution in [2.75, 3.05) is 26.2 Å². The molecule has 0 N–H and O–H groups in total. The number of thiazole rings is 1. The molecule has 4 rings (SSSR count). The number of fused-ring (bicyclic) bond motifs is 1. The van der Waals surface area contributed by atoms with E-state index in [0.29, 0.717) is 25.4 Å². The highest BCUT2D eigenvalue weighted by molar-refractivity contribution is 7.15. The highest BCUT2D eigenvalue weighted by atomic mass is 32.1. The second kappa shape index (κ2) is 7.78. The SMILES string of the molecule is O=C(Cc1cn2ccsc2n1)N1CCC(C(=O)N2CCCCCC2)CC1. The van der Waals surface area contributed by atoms with E-state index in [0.717, 1.165) is 49.4 Å². The van der Waals surface area contributed by atoms with Gasteiger partial charge in [0.15, 0.2) is 4.96 Å². The molecule has 7 heteroatoms. The van der Waals surface area contributed by atoms with Crippen LogP contribution in [0, 0.1) is 5.92 Å². The second-order valence-electron chi connectivity index (χ2n) is 7.40. The number of piperidine rings is 1. The molecule has 2 aliphatic rings. The number of nitrogens with zero attached hydrogens (tertiary/aromatic N) is 4. The van der Waals surface area contributed by atoms with Crippen molar-refractivity contribution in [2.24, 2.45) is 5.92 Å². The van der Waals surface area contributed by atoms with Crippen molar-refractivity contribution in [3.8, 4) is 0 Å². The van der Waals surface area contributed by atoms with Crippen LogP contribution in [0.25, 0.3) is 4.96 Å². The van der Waals surface area contributed by atoms with E-state index in [1.54, 1.807) is 11.3 Å². The lowest BCUT2D eigenvalue weighted by Crippen LogP contribution is -2.45. The van der Waals surface area contributed by atoms with Crippen molar-refractivity contribution >= 4 is 28.1 Å². The molecule has 2 aromatic heterocycles. The van der Waals surface area contributed by atoms with Crippen LogP contribution in [0.1, 0.15) is 44.2 Å². The second-order valence-corrected chi connectivity index (χ2v) is 8.27. The predicted molar refractivity (Wildman–Crippen MR) is 101 cm³/mol. The van der Waals surface area contributed by atoms with Crippen LogP contribution in [0.3, 0.4) is 0 Å². The largest absolute Gasteiger partial charge is 0.342 e. The Morgan fingerprint density at radius 2 is 1.77 bits per heavy atom. The summed E-state index contributed by atoms with van der Waals surface area (Å²) in [5.74, 6) is 0.528. The molecule has 2 fully saturated rings. The summed E-state index contributed by atoms with van der Waals surface area (Å²) < 4.78 is 1.96. The van der Waals surface area contributed by atoms with Gasteiger partial charge in [0.2, 0.25) is 11.8 Å². The van der Waals surface area contributed by atoms with Crippen LogP contribution < -0.4 is 0 Å². The lowest BCUT2D eigenvalue weighted by molar-refractivity contribution is -0.140. The van der Waals surface area contributed by atoms with E-state index in [4.69, 9.17) is 0 Å². The molecule has 4 heterocycles. The molecule has 0 aromatic carbocycles. The summed E-state index contributed by atoms with van der Waals surface area (Å²) in [7, 11) is 0. The van der Waals surface area contributed by atoms with Crippen LogP contribution in [0.2, 0.25) is 0 Å². The van der Waals surface area contributed by atoms with Crippen molar-refractivity contribution in [3.05, 3.63) is 23.5 Å². The average Bonchev–Trinajstić information content (AvgIpc) is 3.12. The van der Waals surface area contributed by atoms with Gasteiger partial charge in [0, 0.05) is 49.9 Å². The molecule has 0 spiro atoms. The Hall–Kier alpha value is -1.89. The van der Waals surface area contributed by atoms with Crippen LogP contribution >= 0.6 is 11.3 Å². The number of likely N-dealkylation sites (tertiary alicyclic amines) is 2. The normalized spacial score (nSPS) is 19.7. The van der Waals surface area contributed by atoms with Gasteiger partial charge in [-0.15, -0.1) is 11.3 Å². The minimum Gasteiger partial charge on any atom is -0.342 e. The Balaban J connectivity index is 1.29. The van der Waals surface area contributed by atoms with E-state index >= 15 is 0 Å². The Labute approximate surface area is 157 Å². The summed E-state index contributed by atoms with van der Waals surface area (Å²) in [6, 6.07) is 0. The summed E-state index contributed by atoms with van der Waals surface area (Å²) in [5.41, 5.74) is 0.824. The number of aromatic nitrogens is 2. The smallest absolute Gasteiger partial charge is 0.228 e. The van der Waals surface area contributed by atoms with Gasteiger partial charge in [-0.1, -0.05) is 12.8 Å². The van der Waals surface area contributed by atoms with Gasteiger partial charge >= 0.3 is 0 Å². The lowest BCUT2D eigenvalue weighted by Gasteiger charge is -2.34. The lowest BCUT2D eigenvalue weighted by atomic mass is 9.95. The Morgan fingerprint density at radius 3 is 2.46 bits per heavy atom. The number of carbonyl (C=O) groups is 2. The van der Waals surface area contributed by atoms with Gasteiger partial charge in [-0.3, -0.25) is 14.0 Å². The fourth-order valence-electron chi connectivity index (χ4n) is 4.05. The number of amides is 2. The molecular weight excluding hydrogens is 348 g/mol. The molecule has 6 nitrogen and oxygen atoms in total. The number of carbonyl (C=O) groups excluding carboxylic acids is 2. The van der Waals surface area contributed by atoms with Crippen molar-refractivity contribution in [1.82, 2.24) is 19.2 Å². The quantitative estimate of drug-likeness (QED) is 0.830. The summed E-state index contributed by atoms with van der Waals surface area (Å²) in [5, 5.41) is 1.99. The standard InChI is InChI=1S/C19H26N4O2S/c24-17(13-16-14-23-11-12-26-19(23)20-16)21-9-5-15(6-10-21)18(25)22-7-3-1-2-4-8-22/h11-12,14-15H,1-10,13H2. The monoisotopic (exact) mass is 374 g/mol. The third-order valence-corrected chi connectivity index (χ3v) is 6.36. The van der Waals surface area contributed by atoms with Gasteiger partial charge in [0.1, 0.15) is 0 Å². The van der Waals surface area contributed by atoms with Crippen molar-refractivity contribution in [2.45, 2.75) is 44.9 Å². The Morgan fingerprint density at radius 1 is 1.04 bits per heavy atom. The minimum atomic E-state index is 0.0927. The number of rotatable bonds is 3. The molecule has 2 amide bonds. The fourth-order valence-corrected chi connectivity index (χ4v) is 4.77. The third kappa shape index (κ3) is 3.77. The van der Waals surface area contributed by atoms with Gasteiger partial charge in [0.05, 0.1) is 12.1 Å². The maximum absolute atomic E-state index is 12.8. The minimum absolute atomic E-state index is 0.0927. The maximum atomic E-state index is 12.8. The molecule has 0 unspecified atom stereocenters. The molecule has 2 saturated heterocycles. The molecule has 2 aromatic rings. The molecule has 0 bridgehead atoms. The van der Waals surface area contributed by atoms with Gasteiger partial charge in [-0.25, -0.2) is 4.98 Å². The van der Waals surface area contributed by atoms with Crippen LogP contribution in [0.15, 0.2) is 17.8 Å². The van der Waals surface area contributed by atoms with Gasteiger partial charge in [0.25, 0.3) is 0 Å². The number of hydrogen-bond donors (Lipinski definition) is 0. The van der Waals surface area contributed by atoms with Crippen LogP contribution in [-0.2, 0) is 16.0 Å². The van der Waals surface area contributed by atoms with Gasteiger partial charge in [-0.2, -0.15) is 0 Å². The molecule has 0 radical (unpaired) electrons. The third-order valence-electron chi connectivity index (χ3n) is 5.59. The molecule has 26 heavy (non-hydrogen) atoms. The molecular formula is C19H26N4O2S. The van der Waals surface area contributed by atoms with E-state index in [1.165, 1.54) is 12.8 Å². The highest BCUT2D eigenvalue weighted by Gasteiger charge is 2.30. The molecule has 140 valence electrons. The number of imidazole rings is 1.